The van der Waals surface area contributed by atoms with Gasteiger partial charge in [0.1, 0.15) is 0 Å². The molecule has 9 heteroatoms. The summed E-state index contributed by atoms with van der Waals surface area (Å²) in [6.45, 7) is 7.22. The largest absolute Gasteiger partial charge is 0.357 e. The molecule has 1 aromatic rings. The van der Waals surface area contributed by atoms with Crippen molar-refractivity contribution in [2.24, 2.45) is 4.99 Å². The first-order valence-corrected chi connectivity index (χ1v) is 11.5. The fourth-order valence-electron chi connectivity index (χ4n) is 3.17. The first-order chi connectivity index (χ1) is 13.7. The summed E-state index contributed by atoms with van der Waals surface area (Å²) in [5.41, 5.74) is 0. The van der Waals surface area contributed by atoms with Crippen molar-refractivity contribution >= 4 is 46.6 Å². The van der Waals surface area contributed by atoms with E-state index in [1.54, 1.807) is 0 Å². The summed E-state index contributed by atoms with van der Waals surface area (Å²) in [5.74, 6) is 1.52. The van der Waals surface area contributed by atoms with Crippen molar-refractivity contribution in [2.45, 2.75) is 30.7 Å². The quantitative estimate of drug-likeness (QED) is 0.299. The van der Waals surface area contributed by atoms with Crippen LogP contribution in [-0.4, -0.2) is 83.5 Å². The predicted octanol–water partition coefficient (Wildman–Crippen LogP) is 1.27. The van der Waals surface area contributed by atoms with E-state index >= 15 is 0 Å². The summed E-state index contributed by atoms with van der Waals surface area (Å²) < 4.78 is 12.4. The van der Waals surface area contributed by atoms with Crippen LogP contribution in [0.15, 0.2) is 40.2 Å². The monoisotopic (exact) mass is 533 g/mol. The second kappa shape index (κ2) is 12.5. The van der Waals surface area contributed by atoms with Gasteiger partial charge in [-0.2, -0.15) is 0 Å². The molecule has 0 spiro atoms. The van der Waals surface area contributed by atoms with E-state index in [9.17, 15) is 9.00 Å². The van der Waals surface area contributed by atoms with Gasteiger partial charge in [-0.3, -0.25) is 18.9 Å². The number of benzene rings is 1. The zero-order chi connectivity index (χ0) is 19.8. The van der Waals surface area contributed by atoms with E-state index in [-0.39, 0.29) is 29.9 Å². The smallest absolute Gasteiger partial charge is 0.234 e. The molecule has 1 aliphatic heterocycles. The van der Waals surface area contributed by atoms with Crippen LogP contribution in [0.25, 0.3) is 0 Å². The number of nitrogens with zero attached hydrogens (tertiary/aromatic N) is 3. The maximum atomic E-state index is 12.4. The van der Waals surface area contributed by atoms with Gasteiger partial charge in [-0.1, -0.05) is 18.2 Å². The van der Waals surface area contributed by atoms with Crippen LogP contribution in [0.3, 0.4) is 0 Å². The van der Waals surface area contributed by atoms with Gasteiger partial charge in [0.25, 0.3) is 0 Å². The Bertz CT molecular complexity index is 691. The Morgan fingerprint density at radius 3 is 2.48 bits per heavy atom. The predicted molar refractivity (Wildman–Crippen MR) is 128 cm³/mol. The molecule has 1 unspecified atom stereocenters. The van der Waals surface area contributed by atoms with Crippen LogP contribution in [-0.2, 0) is 15.6 Å². The molecule has 3 rings (SSSR count). The molecule has 1 atom stereocenters. The van der Waals surface area contributed by atoms with Gasteiger partial charge in [0, 0.05) is 49.4 Å². The van der Waals surface area contributed by atoms with Crippen molar-refractivity contribution in [3.63, 3.8) is 0 Å². The van der Waals surface area contributed by atoms with Gasteiger partial charge in [0.2, 0.25) is 5.91 Å². The minimum Gasteiger partial charge on any atom is -0.357 e. The molecule has 7 nitrogen and oxygen atoms in total. The molecule has 1 aliphatic carbocycles. The van der Waals surface area contributed by atoms with Crippen molar-refractivity contribution < 1.29 is 9.00 Å². The van der Waals surface area contributed by atoms with Gasteiger partial charge in [-0.05, 0) is 31.9 Å². The number of carbonyl (C=O) groups is 1. The average molecular weight is 533 g/mol. The zero-order valence-corrected chi connectivity index (χ0v) is 20.2. The maximum absolute atomic E-state index is 12.4. The molecule has 1 saturated heterocycles. The lowest BCUT2D eigenvalue weighted by Crippen LogP contribution is -2.54. The van der Waals surface area contributed by atoms with Crippen molar-refractivity contribution in [1.82, 2.24) is 20.4 Å². The van der Waals surface area contributed by atoms with Crippen molar-refractivity contribution in [3.05, 3.63) is 30.3 Å². The number of carbonyl (C=O) groups excluding carboxylic acids is 1. The molecule has 1 amide bonds. The Balaban J connectivity index is 0.00000300. The highest BCUT2D eigenvalue weighted by Crippen LogP contribution is 2.18. The van der Waals surface area contributed by atoms with Gasteiger partial charge in [0.15, 0.2) is 5.96 Å². The number of hydrogen-bond acceptors (Lipinski definition) is 4. The van der Waals surface area contributed by atoms with Crippen LogP contribution < -0.4 is 10.6 Å². The lowest BCUT2D eigenvalue weighted by atomic mass is 10.3. The molecule has 0 aromatic heterocycles. The van der Waals surface area contributed by atoms with Crippen LogP contribution in [0.2, 0.25) is 0 Å². The minimum absolute atomic E-state index is 0. The number of amides is 1. The molecule has 2 aliphatic rings. The number of guanidine groups is 1. The zero-order valence-electron chi connectivity index (χ0n) is 17.0. The molecule has 2 fully saturated rings. The normalized spacial score (nSPS) is 18.7. The van der Waals surface area contributed by atoms with Crippen molar-refractivity contribution in [2.75, 3.05) is 51.6 Å². The average Bonchev–Trinajstić information content (AvgIpc) is 3.52. The highest BCUT2D eigenvalue weighted by Gasteiger charge is 2.25. The van der Waals surface area contributed by atoms with E-state index in [0.717, 1.165) is 56.4 Å². The molecule has 29 heavy (non-hydrogen) atoms. The van der Waals surface area contributed by atoms with Gasteiger partial charge in [-0.15, -0.1) is 24.0 Å². The van der Waals surface area contributed by atoms with Crippen LogP contribution in [0.4, 0.5) is 0 Å². The number of nitrogens with one attached hydrogen (secondary N) is 2. The number of piperazine rings is 1. The molecule has 1 saturated carbocycles. The van der Waals surface area contributed by atoms with E-state index < -0.39 is 10.8 Å². The van der Waals surface area contributed by atoms with Crippen LogP contribution in [0.5, 0.6) is 0 Å². The highest BCUT2D eigenvalue weighted by atomic mass is 127. The SMILES string of the molecule is CCNC(=NCCS(=O)c1ccccc1)N1CCN(CC(=O)NC2CC2)CC1.I. The molecule has 0 bridgehead atoms. The number of rotatable bonds is 8. The molecule has 1 heterocycles. The summed E-state index contributed by atoms with van der Waals surface area (Å²) in [6, 6.07) is 9.95. The molecular weight excluding hydrogens is 501 g/mol. The third kappa shape index (κ3) is 8.21. The van der Waals surface area contributed by atoms with Crippen molar-refractivity contribution in [3.8, 4) is 0 Å². The Labute approximate surface area is 193 Å². The summed E-state index contributed by atoms with van der Waals surface area (Å²) in [6.07, 6.45) is 2.24. The first kappa shape index (κ1) is 24.1. The lowest BCUT2D eigenvalue weighted by molar-refractivity contribution is -0.122. The van der Waals surface area contributed by atoms with Crippen LogP contribution >= 0.6 is 24.0 Å². The highest BCUT2D eigenvalue weighted by molar-refractivity contribution is 14.0. The van der Waals surface area contributed by atoms with E-state index in [1.165, 1.54) is 0 Å². The standard InChI is InChI=1S/C20H31N5O2S.HI/c1-2-21-20(22-10-15-28(27)18-6-4-3-5-7-18)25-13-11-24(12-14-25)16-19(26)23-17-8-9-17;/h3-7,17H,2,8-16H2,1H3,(H,21,22)(H,23,26);1H. The van der Waals surface area contributed by atoms with E-state index in [1.807, 2.05) is 30.3 Å². The Morgan fingerprint density at radius 1 is 1.17 bits per heavy atom. The van der Waals surface area contributed by atoms with Gasteiger partial charge in [-0.25, -0.2) is 0 Å². The summed E-state index contributed by atoms with van der Waals surface area (Å²) in [4.78, 5) is 21.9. The molecular formula is C20H32IN5O2S. The summed E-state index contributed by atoms with van der Waals surface area (Å²) in [5, 5.41) is 6.38. The van der Waals surface area contributed by atoms with Crippen LogP contribution in [0, 0.1) is 0 Å². The third-order valence-electron chi connectivity index (χ3n) is 4.86. The van der Waals surface area contributed by atoms with Crippen LogP contribution in [0.1, 0.15) is 19.8 Å². The number of hydrogen-bond donors (Lipinski definition) is 2. The third-order valence-corrected chi connectivity index (χ3v) is 6.21. The summed E-state index contributed by atoms with van der Waals surface area (Å²) >= 11 is 0. The van der Waals surface area contributed by atoms with Gasteiger partial charge >= 0.3 is 0 Å². The first-order valence-electron chi connectivity index (χ1n) is 10.1. The lowest BCUT2D eigenvalue weighted by Gasteiger charge is -2.36. The minimum atomic E-state index is -1.03. The second-order valence-electron chi connectivity index (χ2n) is 7.20. The van der Waals surface area contributed by atoms with Crippen molar-refractivity contribution in [1.29, 1.82) is 0 Å². The van der Waals surface area contributed by atoms with Gasteiger partial charge < -0.3 is 15.5 Å². The molecule has 1 aromatic carbocycles. The Hall–Kier alpha value is -1.20. The second-order valence-corrected chi connectivity index (χ2v) is 8.77. The van der Waals surface area contributed by atoms with E-state index in [0.29, 0.717) is 24.9 Å². The maximum Gasteiger partial charge on any atom is 0.234 e. The Kier molecular flexibility index (Phi) is 10.4. The molecule has 0 radical (unpaired) electrons. The van der Waals surface area contributed by atoms with E-state index in [2.05, 4.69) is 32.3 Å². The molecule has 162 valence electrons. The van der Waals surface area contributed by atoms with Gasteiger partial charge in [0.05, 0.1) is 23.9 Å². The molecule has 2 N–H and O–H groups in total. The fraction of sp³-hybridized carbons (Fsp3) is 0.600. The summed E-state index contributed by atoms with van der Waals surface area (Å²) in [7, 11) is -1.03. The topological polar surface area (TPSA) is 77.0 Å². The van der Waals surface area contributed by atoms with E-state index in [4.69, 9.17) is 0 Å². The number of halogens is 1. The Morgan fingerprint density at radius 2 is 1.86 bits per heavy atom. The fourth-order valence-corrected chi connectivity index (χ4v) is 4.13. The number of aliphatic imine (C=N–C) groups is 1.